The monoisotopic (exact) mass is 256 g/mol. The average molecular weight is 256 g/mol. The first-order chi connectivity index (χ1) is 8.36. The summed E-state index contributed by atoms with van der Waals surface area (Å²) in [4.78, 5) is 10.3. The zero-order valence-electron chi connectivity index (χ0n) is 10.6. The highest BCUT2D eigenvalue weighted by molar-refractivity contribution is 5.46. The van der Waals surface area contributed by atoms with Gasteiger partial charge in [0.2, 0.25) is 0 Å². The van der Waals surface area contributed by atoms with Crippen LogP contribution in [0.2, 0.25) is 0 Å². The lowest BCUT2D eigenvalue weighted by Crippen LogP contribution is -2.29. The summed E-state index contributed by atoms with van der Waals surface area (Å²) < 4.78 is 18.3. The molecule has 0 heterocycles. The van der Waals surface area contributed by atoms with Crippen molar-refractivity contribution < 1.29 is 14.1 Å². The molecule has 0 aromatic heterocycles. The summed E-state index contributed by atoms with van der Waals surface area (Å²) in [5.41, 5.74) is 6.02. The molecule has 0 saturated heterocycles. The lowest BCUT2D eigenvalue weighted by Gasteiger charge is -2.16. The number of hydrogen-bond donors (Lipinski definition) is 1. The summed E-state index contributed by atoms with van der Waals surface area (Å²) in [6, 6.07) is 2.00. The van der Waals surface area contributed by atoms with Gasteiger partial charge >= 0.3 is 0 Å². The van der Waals surface area contributed by atoms with Crippen molar-refractivity contribution in [3.8, 4) is 5.75 Å². The van der Waals surface area contributed by atoms with Gasteiger partial charge in [0.15, 0.2) is 11.6 Å². The Morgan fingerprint density at radius 3 is 2.56 bits per heavy atom. The van der Waals surface area contributed by atoms with Crippen molar-refractivity contribution in [1.82, 2.24) is 0 Å². The second kappa shape index (κ2) is 5.77. The minimum atomic E-state index is -0.744. The van der Waals surface area contributed by atoms with Crippen LogP contribution in [0.4, 0.5) is 10.1 Å². The highest BCUT2D eigenvalue weighted by Gasteiger charge is 2.21. The van der Waals surface area contributed by atoms with Gasteiger partial charge in [0.1, 0.15) is 0 Å². The van der Waals surface area contributed by atoms with Gasteiger partial charge < -0.3 is 10.5 Å². The van der Waals surface area contributed by atoms with Crippen molar-refractivity contribution in [1.29, 1.82) is 0 Å². The fourth-order valence-electron chi connectivity index (χ4n) is 1.56. The van der Waals surface area contributed by atoms with Gasteiger partial charge in [-0.05, 0) is 18.4 Å². The molecule has 6 heteroatoms. The van der Waals surface area contributed by atoms with E-state index in [1.54, 1.807) is 0 Å². The molecule has 0 aliphatic carbocycles. The van der Waals surface area contributed by atoms with Crippen LogP contribution in [0.15, 0.2) is 12.1 Å². The first-order valence-corrected chi connectivity index (χ1v) is 5.63. The molecule has 1 rings (SSSR count). The van der Waals surface area contributed by atoms with Crippen LogP contribution in [-0.4, -0.2) is 18.1 Å². The lowest BCUT2D eigenvalue weighted by molar-refractivity contribution is -0.385. The van der Waals surface area contributed by atoms with Crippen molar-refractivity contribution >= 4 is 5.69 Å². The fourth-order valence-corrected chi connectivity index (χ4v) is 1.56. The Morgan fingerprint density at radius 2 is 2.11 bits per heavy atom. The van der Waals surface area contributed by atoms with E-state index >= 15 is 0 Å². The van der Waals surface area contributed by atoms with Crippen molar-refractivity contribution in [2.75, 3.05) is 7.11 Å². The highest BCUT2D eigenvalue weighted by Crippen LogP contribution is 2.28. The van der Waals surface area contributed by atoms with Gasteiger partial charge in [-0.3, -0.25) is 10.1 Å². The molecule has 0 amide bonds. The molecule has 1 atom stereocenters. The third-order valence-electron chi connectivity index (χ3n) is 2.86. The van der Waals surface area contributed by atoms with E-state index in [0.717, 1.165) is 6.07 Å². The maximum absolute atomic E-state index is 13.4. The molecule has 0 aliphatic rings. The number of nitro benzene ring substituents is 1. The SMILES string of the molecule is COc1cc(CC(N)C(C)C)c([N+](=O)[O-])cc1F. The molecule has 0 fully saturated rings. The normalized spacial score (nSPS) is 12.6. The van der Waals surface area contributed by atoms with Crippen LogP contribution in [0.25, 0.3) is 0 Å². The predicted octanol–water partition coefficient (Wildman–Crippen LogP) is 2.27. The van der Waals surface area contributed by atoms with Crippen LogP contribution in [0.1, 0.15) is 19.4 Å². The van der Waals surface area contributed by atoms with E-state index in [9.17, 15) is 14.5 Å². The molecule has 0 bridgehead atoms. The largest absolute Gasteiger partial charge is 0.494 e. The molecule has 0 saturated carbocycles. The van der Waals surface area contributed by atoms with E-state index in [1.807, 2.05) is 13.8 Å². The number of hydrogen-bond acceptors (Lipinski definition) is 4. The second-order valence-corrected chi connectivity index (χ2v) is 4.48. The Hall–Kier alpha value is -1.69. The Kier molecular flexibility index (Phi) is 4.61. The van der Waals surface area contributed by atoms with Crippen molar-refractivity contribution in [2.24, 2.45) is 11.7 Å². The van der Waals surface area contributed by atoms with Crippen LogP contribution in [-0.2, 0) is 6.42 Å². The van der Waals surface area contributed by atoms with Crippen molar-refractivity contribution in [3.05, 3.63) is 33.6 Å². The first-order valence-electron chi connectivity index (χ1n) is 5.63. The summed E-state index contributed by atoms with van der Waals surface area (Å²) in [5, 5.41) is 10.9. The molecular formula is C12H17FN2O3. The van der Waals surface area contributed by atoms with E-state index < -0.39 is 10.7 Å². The summed E-state index contributed by atoms with van der Waals surface area (Å²) in [6.07, 6.45) is 0.310. The minimum Gasteiger partial charge on any atom is -0.494 e. The van der Waals surface area contributed by atoms with E-state index in [2.05, 4.69) is 0 Å². The molecule has 1 unspecified atom stereocenters. The molecular weight excluding hydrogens is 239 g/mol. The van der Waals surface area contributed by atoms with Gasteiger partial charge in [-0.25, -0.2) is 4.39 Å². The van der Waals surface area contributed by atoms with Gasteiger partial charge in [-0.1, -0.05) is 13.8 Å². The topological polar surface area (TPSA) is 78.4 Å². The Bertz CT molecular complexity index is 449. The zero-order chi connectivity index (χ0) is 13.9. The molecule has 0 aliphatic heterocycles. The van der Waals surface area contributed by atoms with E-state index in [1.165, 1.54) is 13.2 Å². The number of rotatable bonds is 5. The predicted molar refractivity (Wildman–Crippen MR) is 66.1 cm³/mol. The van der Waals surface area contributed by atoms with Gasteiger partial charge in [0.25, 0.3) is 5.69 Å². The van der Waals surface area contributed by atoms with Crippen LogP contribution in [0.5, 0.6) is 5.75 Å². The average Bonchev–Trinajstić information content (AvgIpc) is 2.30. The van der Waals surface area contributed by atoms with E-state index in [4.69, 9.17) is 10.5 Å². The minimum absolute atomic E-state index is 0.00782. The Balaban J connectivity index is 3.18. The van der Waals surface area contributed by atoms with E-state index in [0.29, 0.717) is 12.0 Å². The molecule has 5 nitrogen and oxygen atoms in total. The molecule has 1 aromatic carbocycles. The Labute approximate surface area is 105 Å². The summed E-state index contributed by atoms with van der Waals surface area (Å²) in [6.45, 7) is 3.86. The van der Waals surface area contributed by atoms with Gasteiger partial charge in [0.05, 0.1) is 18.1 Å². The molecule has 18 heavy (non-hydrogen) atoms. The number of nitro groups is 1. The third-order valence-corrected chi connectivity index (χ3v) is 2.86. The van der Waals surface area contributed by atoms with Crippen LogP contribution >= 0.6 is 0 Å². The van der Waals surface area contributed by atoms with Gasteiger partial charge in [0, 0.05) is 11.6 Å². The highest BCUT2D eigenvalue weighted by atomic mass is 19.1. The second-order valence-electron chi connectivity index (χ2n) is 4.48. The van der Waals surface area contributed by atoms with Gasteiger partial charge in [-0.2, -0.15) is 0 Å². The van der Waals surface area contributed by atoms with Crippen molar-refractivity contribution in [2.45, 2.75) is 26.3 Å². The molecule has 100 valence electrons. The first kappa shape index (κ1) is 14.4. The Morgan fingerprint density at radius 1 is 1.50 bits per heavy atom. The number of nitrogens with zero attached hydrogens (tertiary/aromatic N) is 1. The third kappa shape index (κ3) is 3.16. The van der Waals surface area contributed by atoms with Gasteiger partial charge in [-0.15, -0.1) is 0 Å². The summed E-state index contributed by atoms with van der Waals surface area (Å²) >= 11 is 0. The smallest absolute Gasteiger partial charge is 0.275 e. The van der Waals surface area contributed by atoms with Crippen LogP contribution < -0.4 is 10.5 Å². The lowest BCUT2D eigenvalue weighted by atomic mass is 9.96. The van der Waals surface area contributed by atoms with Crippen LogP contribution in [0, 0.1) is 21.8 Å². The number of halogens is 1. The maximum Gasteiger partial charge on any atom is 0.275 e. The van der Waals surface area contributed by atoms with E-state index in [-0.39, 0.29) is 23.4 Å². The standard InChI is InChI=1S/C12H17FN2O3/c1-7(2)10(14)4-8-5-12(18-3)9(13)6-11(8)15(16)17/h5-7,10H,4,14H2,1-3H3. The van der Waals surface area contributed by atoms with Crippen molar-refractivity contribution in [3.63, 3.8) is 0 Å². The number of nitrogens with two attached hydrogens (primary N) is 1. The zero-order valence-corrected chi connectivity index (χ0v) is 10.6. The number of ether oxygens (including phenoxy) is 1. The van der Waals surface area contributed by atoms with Crippen LogP contribution in [0.3, 0.4) is 0 Å². The summed E-state index contributed by atoms with van der Waals surface area (Å²) in [5.74, 6) is -0.571. The molecule has 2 N–H and O–H groups in total. The molecule has 0 spiro atoms. The maximum atomic E-state index is 13.4. The molecule has 0 radical (unpaired) electrons. The number of methoxy groups -OCH3 is 1. The summed E-state index contributed by atoms with van der Waals surface area (Å²) in [7, 11) is 1.32. The fraction of sp³-hybridized carbons (Fsp3) is 0.500. The molecule has 1 aromatic rings. The number of benzene rings is 1. The quantitative estimate of drug-likeness (QED) is 0.647.